The Morgan fingerprint density at radius 1 is 1.47 bits per heavy atom. The van der Waals surface area contributed by atoms with Gasteiger partial charge in [-0.15, -0.1) is 0 Å². The molecule has 2 rings (SSSR count). The Morgan fingerprint density at radius 3 is 2.94 bits per heavy atom. The molecule has 5 heteroatoms. The number of hydrogen-bond acceptors (Lipinski definition) is 3. The summed E-state index contributed by atoms with van der Waals surface area (Å²) in [6, 6.07) is 11.0. The van der Waals surface area contributed by atoms with Crippen molar-refractivity contribution in [1.82, 2.24) is 4.90 Å². The summed E-state index contributed by atoms with van der Waals surface area (Å²) in [5.41, 5.74) is 0.748. The molecule has 1 fully saturated rings. The largest absolute Gasteiger partial charge is 0.360 e. The van der Waals surface area contributed by atoms with Gasteiger partial charge in [0.2, 0.25) is 0 Å². The molecule has 0 bridgehead atoms. The summed E-state index contributed by atoms with van der Waals surface area (Å²) in [6.45, 7) is 1.23. The summed E-state index contributed by atoms with van der Waals surface area (Å²) < 4.78 is 5.17. The van der Waals surface area contributed by atoms with E-state index in [2.05, 4.69) is 5.32 Å². The van der Waals surface area contributed by atoms with Crippen LogP contribution in [0.5, 0.6) is 0 Å². The predicted molar refractivity (Wildman–Crippen MR) is 62.4 cm³/mol. The highest BCUT2D eigenvalue weighted by atomic mass is 16.5. The van der Waals surface area contributed by atoms with Gasteiger partial charge in [0.15, 0.2) is 6.10 Å². The van der Waals surface area contributed by atoms with E-state index in [1.54, 1.807) is 4.90 Å². The highest BCUT2D eigenvalue weighted by Crippen LogP contribution is 2.09. The molecule has 0 saturated carbocycles. The molecule has 0 aliphatic carbocycles. The topological polar surface area (TPSA) is 65.4 Å². The van der Waals surface area contributed by atoms with E-state index in [-0.39, 0.29) is 6.03 Å². The van der Waals surface area contributed by atoms with E-state index < -0.39 is 6.10 Å². The third kappa shape index (κ3) is 2.95. The van der Waals surface area contributed by atoms with Gasteiger partial charge < -0.3 is 15.0 Å². The normalized spacial score (nSPS) is 19.5. The molecule has 1 aromatic rings. The molecule has 1 aliphatic rings. The second-order valence-corrected chi connectivity index (χ2v) is 3.73. The zero-order valence-corrected chi connectivity index (χ0v) is 9.30. The lowest BCUT2D eigenvalue weighted by Crippen LogP contribution is -2.46. The molecule has 1 saturated heterocycles. The number of benzene rings is 1. The van der Waals surface area contributed by atoms with Gasteiger partial charge in [-0.1, -0.05) is 18.2 Å². The molecule has 88 valence electrons. The maximum absolute atomic E-state index is 11.9. The lowest BCUT2D eigenvalue weighted by molar-refractivity contribution is 0.0181. The highest BCUT2D eigenvalue weighted by Gasteiger charge is 2.23. The van der Waals surface area contributed by atoms with Crippen LogP contribution in [0.4, 0.5) is 10.5 Å². The number of para-hydroxylation sites is 1. The number of anilines is 1. The van der Waals surface area contributed by atoms with E-state index in [1.165, 1.54) is 0 Å². The molecule has 1 aromatic carbocycles. The Kier molecular flexibility index (Phi) is 3.58. The maximum Gasteiger partial charge on any atom is 0.322 e. The zero-order valence-electron chi connectivity index (χ0n) is 9.30. The van der Waals surface area contributed by atoms with Crippen molar-refractivity contribution in [1.29, 1.82) is 5.26 Å². The number of ether oxygens (including phenoxy) is 1. The van der Waals surface area contributed by atoms with E-state index in [1.807, 2.05) is 36.4 Å². The number of nitrogens with zero attached hydrogens (tertiary/aromatic N) is 2. The summed E-state index contributed by atoms with van der Waals surface area (Å²) in [4.78, 5) is 13.5. The Morgan fingerprint density at radius 2 is 2.24 bits per heavy atom. The molecule has 5 nitrogen and oxygen atoms in total. The monoisotopic (exact) mass is 231 g/mol. The van der Waals surface area contributed by atoms with Crippen LogP contribution in [0.2, 0.25) is 0 Å². The van der Waals surface area contributed by atoms with Crippen molar-refractivity contribution < 1.29 is 9.53 Å². The molecule has 1 aliphatic heterocycles. The summed E-state index contributed by atoms with van der Waals surface area (Å²) in [5.74, 6) is 0. The van der Waals surface area contributed by atoms with E-state index in [0.29, 0.717) is 19.7 Å². The van der Waals surface area contributed by atoms with Crippen molar-refractivity contribution in [3.63, 3.8) is 0 Å². The first-order valence-corrected chi connectivity index (χ1v) is 5.42. The fourth-order valence-corrected chi connectivity index (χ4v) is 1.64. The zero-order chi connectivity index (χ0) is 12.1. The van der Waals surface area contributed by atoms with Crippen LogP contribution in [-0.4, -0.2) is 36.7 Å². The predicted octanol–water partition coefficient (Wildman–Crippen LogP) is 1.44. The number of carbonyl (C=O) groups is 1. The van der Waals surface area contributed by atoms with Gasteiger partial charge >= 0.3 is 6.03 Å². The lowest BCUT2D eigenvalue weighted by Gasteiger charge is -2.29. The van der Waals surface area contributed by atoms with Crippen molar-refractivity contribution in [2.75, 3.05) is 25.0 Å². The van der Waals surface area contributed by atoms with E-state index in [9.17, 15) is 4.79 Å². The van der Waals surface area contributed by atoms with Crippen molar-refractivity contribution >= 4 is 11.7 Å². The van der Waals surface area contributed by atoms with Gasteiger partial charge in [-0.05, 0) is 12.1 Å². The average Bonchev–Trinajstić information content (AvgIpc) is 2.40. The van der Waals surface area contributed by atoms with Crippen LogP contribution in [0.15, 0.2) is 30.3 Å². The second kappa shape index (κ2) is 5.32. The maximum atomic E-state index is 11.9. The van der Waals surface area contributed by atoms with Crippen molar-refractivity contribution in [2.24, 2.45) is 0 Å². The number of rotatable bonds is 1. The molecular formula is C12H13N3O2. The number of urea groups is 1. The molecule has 0 aromatic heterocycles. The average molecular weight is 231 g/mol. The Balaban J connectivity index is 1.94. The number of morpholine rings is 1. The Bertz CT molecular complexity index is 427. The lowest BCUT2D eigenvalue weighted by atomic mass is 10.3. The smallest absolute Gasteiger partial charge is 0.322 e. The summed E-state index contributed by atoms with van der Waals surface area (Å²) in [5, 5.41) is 11.5. The molecule has 17 heavy (non-hydrogen) atoms. The minimum atomic E-state index is -0.523. The highest BCUT2D eigenvalue weighted by molar-refractivity contribution is 5.89. The number of hydrogen-bond donors (Lipinski definition) is 1. The molecule has 1 heterocycles. The van der Waals surface area contributed by atoms with Crippen molar-refractivity contribution in [2.45, 2.75) is 6.10 Å². The van der Waals surface area contributed by atoms with E-state index in [0.717, 1.165) is 5.69 Å². The Hall–Kier alpha value is -2.06. The van der Waals surface area contributed by atoms with E-state index in [4.69, 9.17) is 10.00 Å². The van der Waals surface area contributed by atoms with Gasteiger partial charge in [0.25, 0.3) is 0 Å². The number of amides is 2. The third-order valence-corrected chi connectivity index (χ3v) is 2.52. The first-order chi connectivity index (χ1) is 8.29. The van der Waals surface area contributed by atoms with Crippen molar-refractivity contribution in [3.05, 3.63) is 30.3 Å². The number of carbonyl (C=O) groups excluding carboxylic acids is 1. The van der Waals surface area contributed by atoms with Gasteiger partial charge in [0.05, 0.1) is 19.2 Å². The minimum absolute atomic E-state index is 0.195. The SMILES string of the molecule is N#CC1CN(C(=O)Nc2ccccc2)CCO1. The Labute approximate surface area is 99.6 Å². The van der Waals surface area contributed by atoms with Gasteiger partial charge in [-0.2, -0.15) is 5.26 Å². The minimum Gasteiger partial charge on any atom is -0.360 e. The van der Waals surface area contributed by atoms with Crippen molar-refractivity contribution in [3.8, 4) is 6.07 Å². The molecule has 1 atom stereocenters. The summed E-state index contributed by atoms with van der Waals surface area (Å²) in [7, 11) is 0. The fraction of sp³-hybridized carbons (Fsp3) is 0.333. The first kappa shape index (κ1) is 11.4. The molecule has 1 N–H and O–H groups in total. The fourth-order valence-electron chi connectivity index (χ4n) is 1.64. The van der Waals surface area contributed by atoms with Crippen LogP contribution < -0.4 is 5.32 Å². The van der Waals surface area contributed by atoms with Crippen LogP contribution in [0.25, 0.3) is 0 Å². The second-order valence-electron chi connectivity index (χ2n) is 3.73. The standard InChI is InChI=1S/C12H13N3O2/c13-8-11-9-15(6-7-17-11)12(16)14-10-4-2-1-3-5-10/h1-5,11H,6-7,9H2,(H,14,16). The first-order valence-electron chi connectivity index (χ1n) is 5.42. The van der Waals surface area contributed by atoms with Crippen LogP contribution in [-0.2, 0) is 4.74 Å². The summed E-state index contributed by atoms with van der Waals surface area (Å²) >= 11 is 0. The van der Waals surface area contributed by atoms with Crippen LogP contribution in [0, 0.1) is 11.3 Å². The van der Waals surface area contributed by atoms with Gasteiger partial charge in [0.1, 0.15) is 0 Å². The molecule has 0 radical (unpaired) electrons. The molecular weight excluding hydrogens is 218 g/mol. The third-order valence-electron chi connectivity index (χ3n) is 2.52. The quantitative estimate of drug-likeness (QED) is 0.795. The number of nitrogens with one attached hydrogen (secondary N) is 1. The van der Waals surface area contributed by atoms with Gasteiger partial charge in [-0.25, -0.2) is 4.79 Å². The molecule has 0 spiro atoms. The molecule has 2 amide bonds. The summed E-state index contributed by atoms with van der Waals surface area (Å²) in [6.07, 6.45) is -0.523. The molecule has 1 unspecified atom stereocenters. The van der Waals surface area contributed by atoms with Gasteiger partial charge in [-0.3, -0.25) is 0 Å². The van der Waals surface area contributed by atoms with Crippen LogP contribution in [0.3, 0.4) is 0 Å². The van der Waals surface area contributed by atoms with Gasteiger partial charge in [0, 0.05) is 12.2 Å². The van der Waals surface area contributed by atoms with Crippen LogP contribution in [0.1, 0.15) is 0 Å². The van der Waals surface area contributed by atoms with E-state index >= 15 is 0 Å². The number of nitriles is 1. The van der Waals surface area contributed by atoms with Crippen LogP contribution >= 0.6 is 0 Å².